The Bertz CT molecular complexity index is 701. The molecule has 0 radical (unpaired) electrons. The third kappa shape index (κ3) is 3.68. The van der Waals surface area contributed by atoms with E-state index in [1.165, 1.54) is 0 Å². The topological polar surface area (TPSA) is 99.4 Å². The number of carbonyl (C=O) groups excluding carboxylic acids is 1. The number of nitrogens with zero attached hydrogens (tertiary/aromatic N) is 2. The Balaban J connectivity index is 1.54. The molecule has 1 fully saturated rings. The van der Waals surface area contributed by atoms with Gasteiger partial charge < -0.3 is 14.4 Å². The number of hydrogen-bond acceptors (Lipinski definition) is 5. The summed E-state index contributed by atoms with van der Waals surface area (Å²) < 4.78 is 4.97. The summed E-state index contributed by atoms with van der Waals surface area (Å²) in [6.45, 7) is 1.04. The zero-order valence-corrected chi connectivity index (χ0v) is 12.6. The summed E-state index contributed by atoms with van der Waals surface area (Å²) in [6.07, 6.45) is 0.612. The number of nitrogens with one attached hydrogen (secondary N) is 1. The van der Waals surface area contributed by atoms with E-state index in [9.17, 15) is 14.7 Å². The second kappa shape index (κ2) is 6.78. The summed E-state index contributed by atoms with van der Waals surface area (Å²) in [5.74, 6) is -0.385. The van der Waals surface area contributed by atoms with Crippen molar-refractivity contribution in [1.82, 2.24) is 15.1 Å². The molecule has 2 aromatic rings. The Morgan fingerprint density at radius 1 is 1.35 bits per heavy atom. The number of aliphatic hydroxyl groups excluding tert-OH is 1. The molecule has 2 N–H and O–H groups in total. The highest BCUT2D eigenvalue weighted by molar-refractivity contribution is 5.81. The maximum atomic E-state index is 12.3. The summed E-state index contributed by atoms with van der Waals surface area (Å²) in [6, 6.07) is 9.45. The summed E-state index contributed by atoms with van der Waals surface area (Å²) in [7, 11) is 0. The van der Waals surface area contributed by atoms with Gasteiger partial charge in [-0.15, -0.1) is 5.10 Å². The molecular formula is C16H19N3O4. The fraction of sp³-hybridized carbons (Fsp3) is 0.438. The Hall–Kier alpha value is -2.41. The average molecular weight is 317 g/mol. The third-order valence-corrected chi connectivity index (χ3v) is 4.17. The van der Waals surface area contributed by atoms with E-state index in [-0.39, 0.29) is 11.8 Å². The molecule has 0 saturated carbocycles. The van der Waals surface area contributed by atoms with Gasteiger partial charge in [0.15, 0.2) is 0 Å². The van der Waals surface area contributed by atoms with Crippen LogP contribution < -0.4 is 5.76 Å². The zero-order valence-electron chi connectivity index (χ0n) is 12.6. The number of H-pyrrole nitrogens is 1. The van der Waals surface area contributed by atoms with Crippen LogP contribution in [0.15, 0.2) is 39.5 Å². The molecule has 122 valence electrons. The van der Waals surface area contributed by atoms with Gasteiger partial charge >= 0.3 is 5.76 Å². The van der Waals surface area contributed by atoms with Crippen LogP contribution in [0, 0.1) is 0 Å². The second-order valence-corrected chi connectivity index (χ2v) is 5.76. The molecule has 7 nitrogen and oxygen atoms in total. The lowest BCUT2D eigenvalue weighted by Gasteiger charge is -2.31. The molecule has 3 rings (SSSR count). The Morgan fingerprint density at radius 3 is 2.65 bits per heavy atom. The lowest BCUT2D eigenvalue weighted by molar-refractivity contribution is -0.141. The van der Waals surface area contributed by atoms with Gasteiger partial charge in [0.25, 0.3) is 5.91 Å². The zero-order chi connectivity index (χ0) is 16.2. The van der Waals surface area contributed by atoms with Gasteiger partial charge in [0.2, 0.25) is 5.89 Å². The molecule has 1 amide bonds. The average Bonchev–Trinajstić information content (AvgIpc) is 3.02. The number of carbonyl (C=O) groups is 1. The van der Waals surface area contributed by atoms with Gasteiger partial charge in [0.1, 0.15) is 6.10 Å². The van der Waals surface area contributed by atoms with E-state index in [0.717, 1.165) is 5.56 Å². The molecule has 1 aromatic carbocycles. The Labute approximate surface area is 132 Å². The molecule has 2 heterocycles. The van der Waals surface area contributed by atoms with Gasteiger partial charge in [-0.25, -0.2) is 9.89 Å². The number of likely N-dealkylation sites (tertiary alicyclic amines) is 1. The van der Waals surface area contributed by atoms with Crippen LogP contribution in [-0.2, 0) is 11.2 Å². The molecule has 0 bridgehead atoms. The number of rotatable bonds is 4. The smallest absolute Gasteiger partial charge is 0.392 e. The standard InChI is InChI=1S/C16H19N3O4/c20-13(10-11-4-2-1-3-5-11)15(21)19-8-6-12(7-9-19)14-17-18-16(22)23-14/h1-5,12-13,20H,6-10H2,(H,18,22)/t13-/m0/s1. The van der Waals surface area contributed by atoms with Crippen molar-refractivity contribution in [3.63, 3.8) is 0 Å². The van der Waals surface area contributed by atoms with Crippen molar-refractivity contribution in [2.45, 2.75) is 31.3 Å². The van der Waals surface area contributed by atoms with Crippen molar-refractivity contribution < 1.29 is 14.3 Å². The SMILES string of the molecule is O=C([C@@H](O)Cc1ccccc1)N1CCC(c2n[nH]c(=O)o2)CC1. The number of piperidine rings is 1. The minimum atomic E-state index is -1.03. The number of aromatic nitrogens is 2. The summed E-state index contributed by atoms with van der Waals surface area (Å²) in [4.78, 5) is 25.0. The van der Waals surface area contributed by atoms with Crippen LogP contribution >= 0.6 is 0 Å². The van der Waals surface area contributed by atoms with Gasteiger partial charge in [-0.1, -0.05) is 30.3 Å². The van der Waals surface area contributed by atoms with Crippen molar-refractivity contribution >= 4 is 5.91 Å². The molecule has 1 aromatic heterocycles. The first-order valence-electron chi connectivity index (χ1n) is 7.69. The van der Waals surface area contributed by atoms with Crippen LogP contribution in [0.3, 0.4) is 0 Å². The van der Waals surface area contributed by atoms with E-state index in [4.69, 9.17) is 4.42 Å². The van der Waals surface area contributed by atoms with Crippen LogP contribution in [0.4, 0.5) is 0 Å². The predicted molar refractivity (Wildman–Crippen MR) is 81.8 cm³/mol. The molecule has 1 atom stereocenters. The second-order valence-electron chi connectivity index (χ2n) is 5.76. The Morgan fingerprint density at radius 2 is 2.04 bits per heavy atom. The largest absolute Gasteiger partial charge is 0.434 e. The Kier molecular flexibility index (Phi) is 4.57. The van der Waals surface area contributed by atoms with Crippen molar-refractivity contribution in [1.29, 1.82) is 0 Å². The highest BCUT2D eigenvalue weighted by atomic mass is 16.4. The van der Waals surface area contributed by atoms with E-state index < -0.39 is 11.9 Å². The quantitative estimate of drug-likeness (QED) is 0.863. The maximum Gasteiger partial charge on any atom is 0.434 e. The summed E-state index contributed by atoms with van der Waals surface area (Å²) >= 11 is 0. The van der Waals surface area contributed by atoms with Crippen LogP contribution in [0.5, 0.6) is 0 Å². The number of benzene rings is 1. The number of aliphatic hydroxyl groups is 1. The first-order valence-corrected chi connectivity index (χ1v) is 7.69. The van der Waals surface area contributed by atoms with Crippen LogP contribution in [-0.4, -0.2) is 45.3 Å². The number of aromatic amines is 1. The first kappa shape index (κ1) is 15.5. The molecular weight excluding hydrogens is 298 g/mol. The molecule has 0 spiro atoms. The number of hydrogen-bond donors (Lipinski definition) is 2. The third-order valence-electron chi connectivity index (χ3n) is 4.17. The summed E-state index contributed by atoms with van der Waals surface area (Å²) in [5.41, 5.74) is 0.932. The maximum absolute atomic E-state index is 12.3. The van der Waals surface area contributed by atoms with Crippen LogP contribution in [0.2, 0.25) is 0 Å². The molecule has 0 unspecified atom stereocenters. The van der Waals surface area contributed by atoms with Crippen LogP contribution in [0.1, 0.15) is 30.2 Å². The molecule has 23 heavy (non-hydrogen) atoms. The molecule has 1 aliphatic heterocycles. The molecule has 7 heteroatoms. The minimum absolute atomic E-state index is 0.0317. The number of amides is 1. The van der Waals surface area contributed by atoms with E-state index in [2.05, 4.69) is 10.2 Å². The highest BCUT2D eigenvalue weighted by Gasteiger charge is 2.29. The van der Waals surface area contributed by atoms with Gasteiger partial charge in [-0.05, 0) is 18.4 Å². The monoisotopic (exact) mass is 317 g/mol. The minimum Gasteiger partial charge on any atom is -0.392 e. The van der Waals surface area contributed by atoms with Crippen molar-refractivity contribution in [3.05, 3.63) is 52.3 Å². The van der Waals surface area contributed by atoms with Crippen LogP contribution in [0.25, 0.3) is 0 Å². The summed E-state index contributed by atoms with van der Waals surface area (Å²) in [5, 5.41) is 16.2. The van der Waals surface area contributed by atoms with E-state index in [1.54, 1.807) is 4.90 Å². The van der Waals surface area contributed by atoms with E-state index in [1.807, 2.05) is 30.3 Å². The van der Waals surface area contributed by atoms with Crippen molar-refractivity contribution in [2.24, 2.45) is 0 Å². The van der Waals surface area contributed by atoms with Crippen molar-refractivity contribution in [2.75, 3.05) is 13.1 Å². The van der Waals surface area contributed by atoms with E-state index >= 15 is 0 Å². The first-order chi connectivity index (χ1) is 11.1. The fourth-order valence-corrected chi connectivity index (χ4v) is 2.90. The van der Waals surface area contributed by atoms with Gasteiger partial charge in [-0.2, -0.15) is 0 Å². The van der Waals surface area contributed by atoms with Gasteiger partial charge in [-0.3, -0.25) is 4.79 Å². The molecule has 1 saturated heterocycles. The van der Waals surface area contributed by atoms with Crippen molar-refractivity contribution in [3.8, 4) is 0 Å². The lowest BCUT2D eigenvalue weighted by atomic mass is 9.96. The normalized spacial score (nSPS) is 17.2. The molecule has 1 aliphatic rings. The highest BCUT2D eigenvalue weighted by Crippen LogP contribution is 2.26. The fourth-order valence-electron chi connectivity index (χ4n) is 2.90. The van der Waals surface area contributed by atoms with E-state index in [0.29, 0.717) is 38.2 Å². The predicted octanol–water partition coefficient (Wildman–Crippen LogP) is 0.673. The lowest BCUT2D eigenvalue weighted by Crippen LogP contribution is -2.44. The molecule has 0 aliphatic carbocycles. The van der Waals surface area contributed by atoms with Gasteiger partial charge in [0, 0.05) is 25.4 Å². The van der Waals surface area contributed by atoms with Gasteiger partial charge in [0.05, 0.1) is 0 Å².